The molecule has 0 spiro atoms. The lowest BCUT2D eigenvalue weighted by atomic mass is 10.2. The lowest BCUT2D eigenvalue weighted by molar-refractivity contribution is 0.0983. The molecule has 1 aromatic rings. The standard InChI is InChI=1S/C13H20N4O2/c1-9-8-18-4-3-17(9)12-7-15-11-6-14-5-10(2)19-13(11)16-12/h7,9-10,14H,3-6,8H2,1-2H3. The first-order valence-electron chi connectivity index (χ1n) is 6.81. The van der Waals surface area contributed by atoms with Crippen LogP contribution in [-0.2, 0) is 11.3 Å². The Morgan fingerprint density at radius 1 is 1.42 bits per heavy atom. The summed E-state index contributed by atoms with van der Waals surface area (Å²) in [7, 11) is 0. The van der Waals surface area contributed by atoms with Gasteiger partial charge in [0, 0.05) is 19.6 Å². The third-order valence-corrected chi connectivity index (χ3v) is 3.50. The SMILES string of the molecule is CC1CNCc2ncc(N3CCOCC3C)nc2O1. The average molecular weight is 264 g/mol. The molecule has 0 aromatic carbocycles. The van der Waals surface area contributed by atoms with Crippen LogP contribution in [0.5, 0.6) is 5.88 Å². The normalized spacial score (nSPS) is 27.4. The van der Waals surface area contributed by atoms with E-state index in [1.54, 1.807) is 0 Å². The van der Waals surface area contributed by atoms with Gasteiger partial charge in [-0.15, -0.1) is 0 Å². The number of nitrogens with zero attached hydrogens (tertiary/aromatic N) is 3. The number of morpholine rings is 1. The fraction of sp³-hybridized carbons (Fsp3) is 0.692. The van der Waals surface area contributed by atoms with Crippen molar-refractivity contribution in [3.63, 3.8) is 0 Å². The number of hydrogen-bond acceptors (Lipinski definition) is 6. The summed E-state index contributed by atoms with van der Waals surface area (Å²) in [5.41, 5.74) is 0.883. The van der Waals surface area contributed by atoms with Crippen LogP contribution in [0.25, 0.3) is 0 Å². The van der Waals surface area contributed by atoms with Crippen LogP contribution in [0.1, 0.15) is 19.5 Å². The fourth-order valence-corrected chi connectivity index (χ4v) is 2.44. The zero-order valence-electron chi connectivity index (χ0n) is 11.4. The van der Waals surface area contributed by atoms with E-state index < -0.39 is 0 Å². The van der Waals surface area contributed by atoms with Gasteiger partial charge in [0.2, 0.25) is 5.88 Å². The quantitative estimate of drug-likeness (QED) is 0.800. The molecule has 3 heterocycles. The summed E-state index contributed by atoms with van der Waals surface area (Å²) in [6.07, 6.45) is 1.95. The second kappa shape index (κ2) is 5.30. The summed E-state index contributed by atoms with van der Waals surface area (Å²) in [6, 6.07) is 0.322. The molecule has 2 atom stereocenters. The molecule has 1 fully saturated rings. The van der Waals surface area contributed by atoms with Gasteiger partial charge < -0.3 is 19.7 Å². The monoisotopic (exact) mass is 264 g/mol. The van der Waals surface area contributed by atoms with Crippen molar-refractivity contribution in [2.45, 2.75) is 32.5 Å². The Balaban J connectivity index is 1.87. The van der Waals surface area contributed by atoms with Crippen molar-refractivity contribution in [2.24, 2.45) is 0 Å². The summed E-state index contributed by atoms with van der Waals surface area (Å²) in [5, 5.41) is 3.30. The highest BCUT2D eigenvalue weighted by atomic mass is 16.5. The molecule has 3 rings (SSSR count). The van der Waals surface area contributed by atoms with Crippen molar-refractivity contribution in [3.8, 4) is 5.88 Å². The molecule has 1 N–H and O–H groups in total. The third kappa shape index (κ3) is 2.64. The first-order valence-corrected chi connectivity index (χ1v) is 6.81. The molecule has 104 valence electrons. The Labute approximate surface area is 113 Å². The summed E-state index contributed by atoms with van der Waals surface area (Å²) < 4.78 is 11.3. The van der Waals surface area contributed by atoms with Crippen LogP contribution >= 0.6 is 0 Å². The maximum Gasteiger partial charge on any atom is 0.239 e. The second-order valence-electron chi connectivity index (χ2n) is 5.16. The number of aromatic nitrogens is 2. The Morgan fingerprint density at radius 2 is 2.32 bits per heavy atom. The average Bonchev–Trinajstić information content (AvgIpc) is 2.59. The highest BCUT2D eigenvalue weighted by Gasteiger charge is 2.23. The summed E-state index contributed by atoms with van der Waals surface area (Å²) in [6.45, 7) is 8.03. The highest BCUT2D eigenvalue weighted by Crippen LogP contribution is 2.23. The Kier molecular flexibility index (Phi) is 3.52. The van der Waals surface area contributed by atoms with Crippen molar-refractivity contribution in [3.05, 3.63) is 11.9 Å². The van der Waals surface area contributed by atoms with E-state index in [2.05, 4.69) is 27.1 Å². The summed E-state index contributed by atoms with van der Waals surface area (Å²) in [5.74, 6) is 1.54. The highest BCUT2D eigenvalue weighted by molar-refractivity contribution is 5.41. The number of nitrogens with one attached hydrogen (secondary N) is 1. The molecule has 1 saturated heterocycles. The number of hydrogen-bond donors (Lipinski definition) is 1. The molecule has 0 amide bonds. The molecular formula is C13H20N4O2. The van der Waals surface area contributed by atoms with Crippen molar-refractivity contribution in [1.82, 2.24) is 15.3 Å². The van der Waals surface area contributed by atoms with Gasteiger partial charge in [0.25, 0.3) is 0 Å². The molecule has 0 bridgehead atoms. The van der Waals surface area contributed by atoms with Gasteiger partial charge in [-0.3, -0.25) is 4.98 Å². The number of rotatable bonds is 1. The topological polar surface area (TPSA) is 59.5 Å². The van der Waals surface area contributed by atoms with Gasteiger partial charge in [-0.2, -0.15) is 4.98 Å². The van der Waals surface area contributed by atoms with Crippen molar-refractivity contribution in [1.29, 1.82) is 0 Å². The van der Waals surface area contributed by atoms with Crippen LogP contribution in [0, 0.1) is 0 Å². The number of ether oxygens (including phenoxy) is 2. The van der Waals surface area contributed by atoms with E-state index in [0.717, 1.165) is 37.8 Å². The van der Waals surface area contributed by atoms with E-state index in [0.29, 0.717) is 18.5 Å². The molecule has 0 aliphatic carbocycles. The zero-order valence-corrected chi connectivity index (χ0v) is 11.4. The smallest absolute Gasteiger partial charge is 0.239 e. The van der Waals surface area contributed by atoms with Crippen LogP contribution in [-0.4, -0.2) is 48.4 Å². The fourth-order valence-electron chi connectivity index (χ4n) is 2.44. The maximum atomic E-state index is 5.83. The zero-order chi connectivity index (χ0) is 13.2. The van der Waals surface area contributed by atoms with Crippen molar-refractivity contribution in [2.75, 3.05) is 31.2 Å². The third-order valence-electron chi connectivity index (χ3n) is 3.50. The van der Waals surface area contributed by atoms with Gasteiger partial charge in [-0.25, -0.2) is 0 Å². The Hall–Kier alpha value is -1.40. The van der Waals surface area contributed by atoms with Gasteiger partial charge in [0.05, 0.1) is 25.5 Å². The maximum absolute atomic E-state index is 5.83. The van der Waals surface area contributed by atoms with Gasteiger partial charge in [0.15, 0.2) is 5.82 Å². The number of anilines is 1. The minimum Gasteiger partial charge on any atom is -0.472 e. The lowest BCUT2D eigenvalue weighted by Gasteiger charge is -2.34. The predicted molar refractivity (Wildman–Crippen MR) is 71.5 cm³/mol. The van der Waals surface area contributed by atoms with E-state index in [4.69, 9.17) is 9.47 Å². The number of fused-ring (bicyclic) bond motifs is 1. The molecule has 6 heteroatoms. The Bertz CT molecular complexity index is 454. The molecule has 0 radical (unpaired) electrons. The minimum absolute atomic E-state index is 0.118. The van der Waals surface area contributed by atoms with Crippen LogP contribution < -0.4 is 15.0 Å². The second-order valence-corrected chi connectivity index (χ2v) is 5.16. The summed E-state index contributed by atoms with van der Waals surface area (Å²) >= 11 is 0. The van der Waals surface area contributed by atoms with Gasteiger partial charge in [-0.05, 0) is 13.8 Å². The van der Waals surface area contributed by atoms with Crippen LogP contribution in [0.2, 0.25) is 0 Å². The van der Waals surface area contributed by atoms with Crippen LogP contribution in [0.15, 0.2) is 6.20 Å². The molecule has 2 aliphatic heterocycles. The lowest BCUT2D eigenvalue weighted by Crippen LogP contribution is -2.44. The van der Waals surface area contributed by atoms with Crippen molar-refractivity contribution < 1.29 is 9.47 Å². The van der Waals surface area contributed by atoms with Crippen LogP contribution in [0.3, 0.4) is 0 Å². The summed E-state index contributed by atoms with van der Waals surface area (Å²) in [4.78, 5) is 11.4. The van der Waals surface area contributed by atoms with Crippen LogP contribution in [0.4, 0.5) is 5.82 Å². The molecule has 0 saturated carbocycles. The van der Waals surface area contributed by atoms with E-state index in [-0.39, 0.29) is 6.10 Å². The molecule has 19 heavy (non-hydrogen) atoms. The Morgan fingerprint density at radius 3 is 3.16 bits per heavy atom. The largest absolute Gasteiger partial charge is 0.472 e. The van der Waals surface area contributed by atoms with Crippen molar-refractivity contribution >= 4 is 5.82 Å². The first kappa shape index (κ1) is 12.6. The minimum atomic E-state index is 0.118. The molecule has 6 nitrogen and oxygen atoms in total. The van der Waals surface area contributed by atoms with Gasteiger partial charge in [-0.1, -0.05) is 0 Å². The van der Waals surface area contributed by atoms with E-state index >= 15 is 0 Å². The van der Waals surface area contributed by atoms with Gasteiger partial charge >= 0.3 is 0 Å². The van der Waals surface area contributed by atoms with E-state index in [9.17, 15) is 0 Å². The molecule has 1 aromatic heterocycles. The molecular weight excluding hydrogens is 244 g/mol. The predicted octanol–water partition coefficient (Wildman–Crippen LogP) is 0.572. The first-order chi connectivity index (χ1) is 9.24. The van der Waals surface area contributed by atoms with Gasteiger partial charge in [0.1, 0.15) is 11.8 Å². The van der Waals surface area contributed by atoms with E-state index in [1.165, 1.54) is 0 Å². The molecule has 2 aliphatic rings. The molecule has 2 unspecified atom stereocenters. The van der Waals surface area contributed by atoms with E-state index in [1.807, 2.05) is 13.1 Å².